The Morgan fingerprint density at radius 1 is 1.35 bits per heavy atom. The SMILES string of the molecule is CC(N)C(C)C(=O)NCC1CCN(c2ccc(Br)cc2)C1.Cl.Cl. The van der Waals surface area contributed by atoms with E-state index >= 15 is 0 Å². The molecule has 1 fully saturated rings. The molecule has 1 saturated heterocycles. The van der Waals surface area contributed by atoms with Crippen molar-refractivity contribution < 1.29 is 4.79 Å². The maximum Gasteiger partial charge on any atom is 0.224 e. The summed E-state index contributed by atoms with van der Waals surface area (Å²) in [7, 11) is 0. The first-order valence-corrected chi connectivity index (χ1v) is 8.30. The third-order valence-electron chi connectivity index (χ3n) is 4.24. The number of hydrogen-bond donors (Lipinski definition) is 2. The van der Waals surface area contributed by atoms with Gasteiger partial charge in [-0.2, -0.15) is 0 Å². The molecule has 0 aromatic heterocycles. The molecule has 132 valence electrons. The Morgan fingerprint density at radius 3 is 2.52 bits per heavy atom. The summed E-state index contributed by atoms with van der Waals surface area (Å²) in [4.78, 5) is 14.3. The van der Waals surface area contributed by atoms with E-state index < -0.39 is 0 Å². The molecule has 23 heavy (non-hydrogen) atoms. The number of nitrogens with one attached hydrogen (secondary N) is 1. The van der Waals surface area contributed by atoms with Gasteiger partial charge >= 0.3 is 0 Å². The number of nitrogens with zero attached hydrogens (tertiary/aromatic N) is 1. The fraction of sp³-hybridized carbons (Fsp3) is 0.562. The molecule has 1 heterocycles. The van der Waals surface area contributed by atoms with Gasteiger partial charge in [0.1, 0.15) is 0 Å². The number of halogens is 3. The second-order valence-electron chi connectivity index (χ2n) is 5.97. The lowest BCUT2D eigenvalue weighted by Crippen LogP contribution is -2.40. The van der Waals surface area contributed by atoms with Crippen molar-refractivity contribution >= 4 is 52.3 Å². The molecule has 2 rings (SSSR count). The van der Waals surface area contributed by atoms with E-state index in [4.69, 9.17) is 5.73 Å². The molecule has 0 spiro atoms. The normalized spacial score (nSPS) is 19.3. The average Bonchev–Trinajstić information content (AvgIpc) is 2.93. The summed E-state index contributed by atoms with van der Waals surface area (Å²) in [6.07, 6.45) is 1.11. The molecule has 1 amide bonds. The van der Waals surface area contributed by atoms with Crippen LogP contribution < -0.4 is 16.0 Å². The Kier molecular flexibility index (Phi) is 10.2. The van der Waals surface area contributed by atoms with E-state index in [0.717, 1.165) is 30.5 Å². The number of nitrogens with two attached hydrogens (primary N) is 1. The molecule has 3 N–H and O–H groups in total. The van der Waals surface area contributed by atoms with Gasteiger partial charge in [-0.3, -0.25) is 4.79 Å². The zero-order chi connectivity index (χ0) is 15.4. The first-order chi connectivity index (χ1) is 9.97. The molecule has 7 heteroatoms. The van der Waals surface area contributed by atoms with Crippen molar-refractivity contribution in [2.45, 2.75) is 26.3 Å². The van der Waals surface area contributed by atoms with Gasteiger partial charge in [0.05, 0.1) is 0 Å². The molecule has 1 aromatic carbocycles. The monoisotopic (exact) mass is 425 g/mol. The van der Waals surface area contributed by atoms with Crippen molar-refractivity contribution in [2.75, 3.05) is 24.5 Å². The fourth-order valence-electron chi connectivity index (χ4n) is 2.53. The first-order valence-electron chi connectivity index (χ1n) is 7.51. The number of hydrogen-bond acceptors (Lipinski definition) is 3. The summed E-state index contributed by atoms with van der Waals surface area (Å²) in [5.74, 6) is 0.443. The molecule has 1 aliphatic rings. The van der Waals surface area contributed by atoms with Gasteiger partial charge in [-0.05, 0) is 43.5 Å². The molecule has 1 aromatic rings. The molecule has 0 saturated carbocycles. The molecular weight excluding hydrogens is 401 g/mol. The van der Waals surface area contributed by atoms with Gasteiger partial charge in [0.25, 0.3) is 0 Å². The topological polar surface area (TPSA) is 58.4 Å². The zero-order valence-corrected chi connectivity index (χ0v) is 16.7. The molecule has 0 bridgehead atoms. The van der Waals surface area contributed by atoms with Crippen LogP contribution in [0.3, 0.4) is 0 Å². The predicted molar refractivity (Wildman–Crippen MR) is 105 cm³/mol. The number of anilines is 1. The average molecular weight is 427 g/mol. The van der Waals surface area contributed by atoms with E-state index in [2.05, 4.69) is 50.4 Å². The van der Waals surface area contributed by atoms with Crippen LogP contribution in [0.2, 0.25) is 0 Å². The molecule has 3 unspecified atom stereocenters. The highest BCUT2D eigenvalue weighted by molar-refractivity contribution is 9.10. The van der Waals surface area contributed by atoms with Crippen LogP contribution >= 0.6 is 40.7 Å². The number of carbonyl (C=O) groups is 1. The van der Waals surface area contributed by atoms with Gasteiger partial charge in [0, 0.05) is 41.8 Å². The number of amides is 1. The highest BCUT2D eigenvalue weighted by atomic mass is 79.9. The maximum atomic E-state index is 11.9. The molecule has 1 aliphatic heterocycles. The van der Waals surface area contributed by atoms with Crippen molar-refractivity contribution in [3.8, 4) is 0 Å². The van der Waals surface area contributed by atoms with Crippen LogP contribution in [0, 0.1) is 11.8 Å². The Labute approximate surface area is 159 Å². The van der Waals surface area contributed by atoms with E-state index in [0.29, 0.717) is 5.92 Å². The smallest absolute Gasteiger partial charge is 0.224 e. The van der Waals surface area contributed by atoms with Crippen molar-refractivity contribution in [1.29, 1.82) is 0 Å². The molecular formula is C16H26BrCl2N3O. The minimum absolute atomic E-state index is 0. The predicted octanol–water partition coefficient (Wildman–Crippen LogP) is 3.22. The van der Waals surface area contributed by atoms with Crippen LogP contribution in [0.5, 0.6) is 0 Å². The van der Waals surface area contributed by atoms with Crippen molar-refractivity contribution in [3.05, 3.63) is 28.7 Å². The number of carbonyl (C=O) groups excluding carboxylic acids is 1. The maximum absolute atomic E-state index is 11.9. The quantitative estimate of drug-likeness (QED) is 0.759. The van der Waals surface area contributed by atoms with E-state index in [1.807, 2.05) is 13.8 Å². The summed E-state index contributed by atoms with van der Waals surface area (Å²) in [6, 6.07) is 8.28. The first kappa shape index (κ1) is 22.5. The lowest BCUT2D eigenvalue weighted by atomic mass is 10.0. The van der Waals surface area contributed by atoms with E-state index in [1.165, 1.54) is 5.69 Å². The Balaban J connectivity index is 0.00000242. The fourth-order valence-corrected chi connectivity index (χ4v) is 2.79. The Bertz CT molecular complexity index is 485. The highest BCUT2D eigenvalue weighted by Crippen LogP contribution is 2.25. The van der Waals surface area contributed by atoms with Crippen molar-refractivity contribution in [1.82, 2.24) is 5.32 Å². The summed E-state index contributed by atoms with van der Waals surface area (Å²) >= 11 is 3.46. The van der Waals surface area contributed by atoms with Gasteiger partial charge in [-0.1, -0.05) is 22.9 Å². The number of benzene rings is 1. The third kappa shape index (κ3) is 6.49. The summed E-state index contributed by atoms with van der Waals surface area (Å²) < 4.78 is 1.10. The summed E-state index contributed by atoms with van der Waals surface area (Å²) in [6.45, 7) is 6.53. The van der Waals surface area contributed by atoms with E-state index in [9.17, 15) is 4.79 Å². The van der Waals surface area contributed by atoms with Crippen molar-refractivity contribution in [3.63, 3.8) is 0 Å². The standard InChI is InChI=1S/C16H24BrN3O.2ClH/c1-11(12(2)18)16(21)19-9-13-7-8-20(10-13)15-5-3-14(17)4-6-15;;/h3-6,11-13H,7-10,18H2,1-2H3,(H,19,21);2*1H. The van der Waals surface area contributed by atoms with Crippen LogP contribution in [-0.2, 0) is 4.79 Å². The minimum atomic E-state index is -0.131. The van der Waals surface area contributed by atoms with Crippen LogP contribution in [0.4, 0.5) is 5.69 Å². The van der Waals surface area contributed by atoms with Gasteiger partial charge in [-0.15, -0.1) is 24.8 Å². The second kappa shape index (κ2) is 10.4. The largest absolute Gasteiger partial charge is 0.371 e. The lowest BCUT2D eigenvalue weighted by Gasteiger charge is -2.20. The van der Waals surface area contributed by atoms with Crippen LogP contribution in [0.1, 0.15) is 20.3 Å². The Morgan fingerprint density at radius 2 is 1.96 bits per heavy atom. The van der Waals surface area contributed by atoms with Crippen LogP contribution in [0.15, 0.2) is 28.7 Å². The highest BCUT2D eigenvalue weighted by Gasteiger charge is 2.24. The Hall–Kier alpha value is -0.490. The van der Waals surface area contributed by atoms with Crippen LogP contribution in [0.25, 0.3) is 0 Å². The van der Waals surface area contributed by atoms with Gasteiger partial charge < -0.3 is 16.0 Å². The van der Waals surface area contributed by atoms with E-state index in [-0.39, 0.29) is 42.7 Å². The van der Waals surface area contributed by atoms with Gasteiger partial charge in [-0.25, -0.2) is 0 Å². The van der Waals surface area contributed by atoms with Gasteiger partial charge in [0.2, 0.25) is 5.91 Å². The summed E-state index contributed by atoms with van der Waals surface area (Å²) in [5, 5.41) is 3.03. The number of rotatable bonds is 5. The summed E-state index contributed by atoms with van der Waals surface area (Å²) in [5.41, 5.74) is 7.00. The van der Waals surface area contributed by atoms with Gasteiger partial charge in [0.15, 0.2) is 0 Å². The van der Waals surface area contributed by atoms with E-state index in [1.54, 1.807) is 0 Å². The van der Waals surface area contributed by atoms with Crippen LogP contribution in [-0.4, -0.2) is 31.6 Å². The second-order valence-corrected chi connectivity index (χ2v) is 6.89. The third-order valence-corrected chi connectivity index (χ3v) is 4.77. The molecule has 0 aliphatic carbocycles. The lowest BCUT2D eigenvalue weighted by molar-refractivity contribution is -0.125. The molecule has 3 atom stereocenters. The zero-order valence-electron chi connectivity index (χ0n) is 13.5. The molecule has 4 nitrogen and oxygen atoms in total. The van der Waals surface area contributed by atoms with Crippen molar-refractivity contribution in [2.24, 2.45) is 17.6 Å². The minimum Gasteiger partial charge on any atom is -0.371 e. The molecule has 0 radical (unpaired) electrons.